The van der Waals surface area contributed by atoms with Crippen LogP contribution in [0.3, 0.4) is 0 Å². The van der Waals surface area contributed by atoms with Crippen molar-refractivity contribution in [3.05, 3.63) is 65.3 Å². The molecule has 1 amide bonds. The second-order valence-electron chi connectivity index (χ2n) is 7.44. The lowest BCUT2D eigenvalue weighted by atomic mass is 10.0. The number of anilines is 1. The zero-order valence-corrected chi connectivity index (χ0v) is 17.6. The molecule has 3 atom stereocenters. The van der Waals surface area contributed by atoms with Crippen LogP contribution in [0.2, 0.25) is 5.02 Å². The van der Waals surface area contributed by atoms with Gasteiger partial charge in [0.1, 0.15) is 24.6 Å². The number of ether oxygens (including phenoxy) is 1. The van der Waals surface area contributed by atoms with Gasteiger partial charge in [0.05, 0.1) is 18.2 Å². The van der Waals surface area contributed by atoms with Crippen LogP contribution in [0, 0.1) is 5.82 Å². The number of aromatic nitrogens is 4. The second-order valence-corrected chi connectivity index (χ2v) is 7.87. The lowest BCUT2D eigenvalue weighted by Gasteiger charge is -2.22. The predicted octanol–water partition coefficient (Wildman–Crippen LogP) is 4.48. The minimum atomic E-state index is -1.40. The highest BCUT2D eigenvalue weighted by Crippen LogP contribution is 2.27. The van der Waals surface area contributed by atoms with Crippen molar-refractivity contribution in [1.82, 2.24) is 19.5 Å². The number of hydrogen-bond donors (Lipinski definition) is 0. The first-order valence-corrected chi connectivity index (χ1v) is 10.1. The SMILES string of the molecule is C[C@H](Cc1ncc(F)c(N2C(=O)OC[C@@H]2[C@H](C)F)n1)c1cn(-c2ccc(Cl)cc2)cn1. The number of nitrogens with zero attached hydrogens (tertiary/aromatic N) is 5. The Labute approximate surface area is 182 Å². The molecule has 10 heteroatoms. The van der Waals surface area contributed by atoms with E-state index in [0.29, 0.717) is 17.3 Å². The fourth-order valence-electron chi connectivity index (χ4n) is 3.40. The van der Waals surface area contributed by atoms with E-state index in [1.807, 2.05) is 29.8 Å². The normalized spacial score (nSPS) is 18.2. The maximum Gasteiger partial charge on any atom is 0.416 e. The van der Waals surface area contributed by atoms with Gasteiger partial charge in [-0.15, -0.1) is 0 Å². The number of halogens is 3. The Kier molecular flexibility index (Phi) is 5.86. The third-order valence-corrected chi connectivity index (χ3v) is 5.41. The van der Waals surface area contributed by atoms with E-state index in [1.165, 1.54) is 6.92 Å². The second kappa shape index (κ2) is 8.58. The highest BCUT2D eigenvalue weighted by molar-refractivity contribution is 6.30. The summed E-state index contributed by atoms with van der Waals surface area (Å²) in [7, 11) is 0. The van der Waals surface area contributed by atoms with Gasteiger partial charge in [-0.3, -0.25) is 0 Å². The number of imidazole rings is 1. The minimum Gasteiger partial charge on any atom is -0.447 e. The van der Waals surface area contributed by atoms with Crippen LogP contribution < -0.4 is 4.90 Å². The summed E-state index contributed by atoms with van der Waals surface area (Å²) >= 11 is 5.93. The molecule has 4 rings (SSSR count). The molecule has 0 spiro atoms. The molecule has 0 N–H and O–H groups in total. The summed E-state index contributed by atoms with van der Waals surface area (Å²) in [6.07, 6.45) is 2.69. The number of alkyl halides is 1. The summed E-state index contributed by atoms with van der Waals surface area (Å²) in [6.45, 7) is 3.07. The smallest absolute Gasteiger partial charge is 0.416 e. The molecule has 7 nitrogen and oxygen atoms in total. The van der Waals surface area contributed by atoms with Gasteiger partial charge in [-0.25, -0.2) is 33.4 Å². The number of amides is 1. The summed E-state index contributed by atoms with van der Waals surface area (Å²) in [5.74, 6) is -0.864. The van der Waals surface area contributed by atoms with E-state index in [0.717, 1.165) is 22.5 Å². The molecule has 1 saturated heterocycles. The van der Waals surface area contributed by atoms with Crippen molar-refractivity contribution in [2.24, 2.45) is 0 Å². The minimum absolute atomic E-state index is 0.0895. The van der Waals surface area contributed by atoms with Gasteiger partial charge in [-0.2, -0.15) is 0 Å². The zero-order valence-electron chi connectivity index (χ0n) is 16.9. The monoisotopic (exact) mass is 447 g/mol. The van der Waals surface area contributed by atoms with Gasteiger partial charge < -0.3 is 9.30 Å². The van der Waals surface area contributed by atoms with Gasteiger partial charge in [0.2, 0.25) is 0 Å². The number of hydrogen-bond acceptors (Lipinski definition) is 5. The number of benzene rings is 1. The van der Waals surface area contributed by atoms with Crippen LogP contribution in [0.5, 0.6) is 0 Å². The number of carbonyl (C=O) groups excluding carboxylic acids is 1. The van der Waals surface area contributed by atoms with E-state index >= 15 is 0 Å². The van der Waals surface area contributed by atoms with Gasteiger partial charge in [-0.1, -0.05) is 18.5 Å². The summed E-state index contributed by atoms with van der Waals surface area (Å²) < 4.78 is 35.0. The number of cyclic esters (lactones) is 1. The van der Waals surface area contributed by atoms with Crippen LogP contribution in [-0.4, -0.2) is 44.4 Å². The lowest BCUT2D eigenvalue weighted by molar-refractivity contribution is 0.174. The molecule has 1 aromatic carbocycles. The van der Waals surface area contributed by atoms with Gasteiger partial charge in [-0.05, 0) is 31.2 Å². The summed E-state index contributed by atoms with van der Waals surface area (Å²) in [4.78, 5) is 25.6. The Balaban J connectivity index is 1.54. The van der Waals surface area contributed by atoms with Crippen molar-refractivity contribution in [3.63, 3.8) is 0 Å². The van der Waals surface area contributed by atoms with Crippen LogP contribution in [0.4, 0.5) is 19.4 Å². The molecular formula is C21H20ClF2N5O2. The van der Waals surface area contributed by atoms with Crippen LogP contribution in [-0.2, 0) is 11.2 Å². The van der Waals surface area contributed by atoms with Gasteiger partial charge in [0.25, 0.3) is 0 Å². The quantitative estimate of drug-likeness (QED) is 0.557. The molecule has 3 heterocycles. The molecule has 0 saturated carbocycles. The van der Waals surface area contributed by atoms with E-state index in [-0.39, 0.29) is 18.3 Å². The molecular weight excluding hydrogens is 428 g/mol. The van der Waals surface area contributed by atoms with Crippen molar-refractivity contribution in [1.29, 1.82) is 0 Å². The first-order chi connectivity index (χ1) is 14.8. The standard InChI is InChI=1S/C21H20ClF2N5O2/c1-12(17-9-28(11-26-17)15-5-3-14(22)4-6-15)7-19-25-8-16(24)20(27-19)29-18(13(2)23)10-31-21(29)30/h3-6,8-9,11-13,18H,7,10H2,1-2H3/t12-,13+,18-/m1/s1. The summed E-state index contributed by atoms with van der Waals surface area (Å²) in [5.41, 5.74) is 1.70. The fourth-order valence-corrected chi connectivity index (χ4v) is 3.53. The zero-order chi connectivity index (χ0) is 22.1. The van der Waals surface area contributed by atoms with Gasteiger partial charge in [0, 0.05) is 29.2 Å². The molecule has 1 fully saturated rings. The summed E-state index contributed by atoms with van der Waals surface area (Å²) in [5, 5.41) is 0.646. The van der Waals surface area contributed by atoms with Crippen molar-refractivity contribution < 1.29 is 18.3 Å². The molecule has 2 aromatic heterocycles. The average Bonchev–Trinajstić information content (AvgIpc) is 3.37. The van der Waals surface area contributed by atoms with Crippen molar-refractivity contribution in [2.75, 3.05) is 11.5 Å². The third kappa shape index (κ3) is 4.36. The number of carbonyl (C=O) groups is 1. The topological polar surface area (TPSA) is 73.1 Å². The van der Waals surface area contributed by atoms with Crippen LogP contribution >= 0.6 is 11.6 Å². The van der Waals surface area contributed by atoms with E-state index < -0.39 is 24.1 Å². The Morgan fingerprint density at radius 1 is 1.26 bits per heavy atom. The Bertz CT molecular complexity index is 1090. The highest BCUT2D eigenvalue weighted by atomic mass is 35.5. The first-order valence-electron chi connectivity index (χ1n) is 9.74. The summed E-state index contributed by atoms with van der Waals surface area (Å²) in [6, 6.07) is 6.42. The van der Waals surface area contributed by atoms with Gasteiger partial charge >= 0.3 is 6.09 Å². The molecule has 31 heavy (non-hydrogen) atoms. The molecule has 1 aliphatic heterocycles. The van der Waals surface area contributed by atoms with Crippen molar-refractivity contribution in [3.8, 4) is 5.69 Å². The largest absolute Gasteiger partial charge is 0.447 e. The Morgan fingerprint density at radius 2 is 2.00 bits per heavy atom. The molecule has 0 aliphatic carbocycles. The van der Waals surface area contributed by atoms with Gasteiger partial charge in [0.15, 0.2) is 11.6 Å². The number of rotatable bonds is 6. The van der Waals surface area contributed by atoms with E-state index in [1.54, 1.807) is 18.5 Å². The fraction of sp³-hybridized carbons (Fsp3) is 0.333. The van der Waals surface area contributed by atoms with Crippen LogP contribution in [0.15, 0.2) is 43.0 Å². The van der Waals surface area contributed by atoms with E-state index in [9.17, 15) is 13.6 Å². The highest BCUT2D eigenvalue weighted by Gasteiger charge is 2.40. The molecule has 0 unspecified atom stereocenters. The maximum absolute atomic E-state index is 14.4. The predicted molar refractivity (Wildman–Crippen MR) is 111 cm³/mol. The first kappa shape index (κ1) is 21.2. The van der Waals surface area contributed by atoms with E-state index in [4.69, 9.17) is 16.3 Å². The molecule has 0 bridgehead atoms. The van der Waals surface area contributed by atoms with Crippen molar-refractivity contribution >= 4 is 23.5 Å². The van der Waals surface area contributed by atoms with Crippen LogP contribution in [0.1, 0.15) is 31.3 Å². The molecule has 162 valence electrons. The Hall–Kier alpha value is -3.07. The molecule has 0 radical (unpaired) electrons. The molecule has 3 aromatic rings. The lowest BCUT2D eigenvalue weighted by Crippen LogP contribution is -2.40. The third-order valence-electron chi connectivity index (χ3n) is 5.16. The molecule has 1 aliphatic rings. The van der Waals surface area contributed by atoms with Crippen molar-refractivity contribution in [2.45, 2.75) is 38.4 Å². The van der Waals surface area contributed by atoms with Crippen LogP contribution in [0.25, 0.3) is 5.69 Å². The van der Waals surface area contributed by atoms with E-state index in [2.05, 4.69) is 15.0 Å². The Morgan fingerprint density at radius 3 is 2.71 bits per heavy atom. The maximum atomic E-state index is 14.4. The average molecular weight is 448 g/mol.